The monoisotopic (exact) mass is 435 g/mol. The Hall–Kier alpha value is -4.65. The molecule has 5 aromatic rings. The summed E-state index contributed by atoms with van der Waals surface area (Å²) in [6, 6.07) is 22.9. The molecule has 7 heteroatoms. The zero-order valence-corrected chi connectivity index (χ0v) is 17.7. The van der Waals surface area contributed by atoms with E-state index in [1.807, 2.05) is 89.7 Å². The van der Waals surface area contributed by atoms with Gasteiger partial charge >= 0.3 is 0 Å². The highest BCUT2D eigenvalue weighted by molar-refractivity contribution is 6.02. The van der Waals surface area contributed by atoms with Gasteiger partial charge in [0.05, 0.1) is 17.6 Å². The second kappa shape index (κ2) is 9.23. The van der Waals surface area contributed by atoms with Crippen molar-refractivity contribution in [2.45, 2.75) is 6.61 Å². The van der Waals surface area contributed by atoms with Gasteiger partial charge in [-0.3, -0.25) is 4.79 Å². The number of hydrogen-bond donors (Lipinski definition) is 1. The SMILES string of the molecule is O=C(/C=C/c1cnn(-c2ccccc2)c1)Nc1cccc(OCc2cn3ccccc3n2)c1. The van der Waals surface area contributed by atoms with Crippen molar-refractivity contribution in [3.8, 4) is 11.4 Å². The van der Waals surface area contributed by atoms with Crippen LogP contribution >= 0.6 is 0 Å². The van der Waals surface area contributed by atoms with E-state index in [0.717, 1.165) is 22.6 Å². The molecule has 0 spiro atoms. The van der Waals surface area contributed by atoms with Gasteiger partial charge in [0.15, 0.2) is 0 Å². The molecule has 33 heavy (non-hydrogen) atoms. The zero-order valence-electron chi connectivity index (χ0n) is 17.7. The van der Waals surface area contributed by atoms with Crippen molar-refractivity contribution >= 4 is 23.3 Å². The van der Waals surface area contributed by atoms with Crippen LogP contribution in [0, 0.1) is 0 Å². The summed E-state index contributed by atoms with van der Waals surface area (Å²) in [5, 5.41) is 7.19. The highest BCUT2D eigenvalue weighted by Crippen LogP contribution is 2.19. The molecule has 0 aliphatic heterocycles. The van der Waals surface area contributed by atoms with Gasteiger partial charge in [-0.05, 0) is 42.5 Å². The number of anilines is 1. The topological polar surface area (TPSA) is 73.5 Å². The molecule has 0 atom stereocenters. The normalized spacial score (nSPS) is 11.2. The van der Waals surface area contributed by atoms with Crippen LogP contribution in [-0.2, 0) is 11.4 Å². The molecule has 0 aliphatic rings. The van der Waals surface area contributed by atoms with Crippen molar-refractivity contribution < 1.29 is 9.53 Å². The predicted octanol–water partition coefficient (Wildman–Crippen LogP) is 4.75. The molecule has 1 N–H and O–H groups in total. The number of carbonyl (C=O) groups is 1. The average molecular weight is 435 g/mol. The van der Waals surface area contributed by atoms with Gasteiger partial charge in [0.25, 0.3) is 0 Å². The van der Waals surface area contributed by atoms with Crippen LogP contribution in [0.1, 0.15) is 11.3 Å². The number of nitrogens with zero attached hydrogens (tertiary/aromatic N) is 4. The number of fused-ring (bicyclic) bond motifs is 1. The van der Waals surface area contributed by atoms with E-state index in [1.54, 1.807) is 23.0 Å². The van der Waals surface area contributed by atoms with Crippen molar-refractivity contribution in [2.24, 2.45) is 0 Å². The van der Waals surface area contributed by atoms with Crippen LogP contribution in [0.2, 0.25) is 0 Å². The summed E-state index contributed by atoms with van der Waals surface area (Å²) >= 11 is 0. The minimum absolute atomic E-state index is 0.236. The maximum Gasteiger partial charge on any atom is 0.248 e. The van der Waals surface area contributed by atoms with E-state index in [0.29, 0.717) is 18.0 Å². The maximum absolute atomic E-state index is 12.4. The molecule has 7 nitrogen and oxygen atoms in total. The fraction of sp³-hybridized carbons (Fsp3) is 0.0385. The average Bonchev–Trinajstić information content (AvgIpc) is 3.49. The lowest BCUT2D eigenvalue weighted by Crippen LogP contribution is -2.07. The number of ether oxygens (including phenoxy) is 1. The van der Waals surface area contributed by atoms with Crippen molar-refractivity contribution in [2.75, 3.05) is 5.32 Å². The van der Waals surface area contributed by atoms with Crippen LogP contribution in [0.3, 0.4) is 0 Å². The van der Waals surface area contributed by atoms with E-state index in [1.165, 1.54) is 6.08 Å². The lowest BCUT2D eigenvalue weighted by atomic mass is 10.3. The first-order valence-corrected chi connectivity index (χ1v) is 10.5. The second-order valence-electron chi connectivity index (χ2n) is 7.39. The lowest BCUT2D eigenvalue weighted by molar-refractivity contribution is -0.111. The van der Waals surface area contributed by atoms with Gasteiger partial charge < -0.3 is 14.5 Å². The number of carbonyl (C=O) groups excluding carboxylic acids is 1. The number of aromatic nitrogens is 4. The Balaban J connectivity index is 1.18. The van der Waals surface area contributed by atoms with Crippen LogP contribution in [0.4, 0.5) is 5.69 Å². The van der Waals surface area contributed by atoms with Gasteiger partial charge in [-0.1, -0.05) is 30.3 Å². The van der Waals surface area contributed by atoms with E-state index in [4.69, 9.17) is 4.74 Å². The van der Waals surface area contributed by atoms with Gasteiger partial charge in [0, 0.05) is 42.0 Å². The van der Waals surface area contributed by atoms with Crippen LogP contribution in [-0.4, -0.2) is 25.1 Å². The predicted molar refractivity (Wildman–Crippen MR) is 127 cm³/mol. The van der Waals surface area contributed by atoms with Crippen molar-refractivity contribution in [3.05, 3.63) is 115 Å². The van der Waals surface area contributed by atoms with Crippen LogP contribution in [0.5, 0.6) is 5.75 Å². The molecule has 5 rings (SSSR count). The summed E-state index contributed by atoms with van der Waals surface area (Å²) in [6.45, 7) is 0.338. The highest BCUT2D eigenvalue weighted by Gasteiger charge is 2.05. The third-order valence-corrected chi connectivity index (χ3v) is 4.95. The Morgan fingerprint density at radius 2 is 1.88 bits per heavy atom. The van der Waals surface area contributed by atoms with Crippen molar-refractivity contribution in [3.63, 3.8) is 0 Å². The third kappa shape index (κ3) is 4.99. The Morgan fingerprint density at radius 3 is 2.76 bits per heavy atom. The Bertz CT molecular complexity index is 1390. The van der Waals surface area contributed by atoms with Crippen LogP contribution in [0.15, 0.2) is 104 Å². The molecule has 2 aromatic carbocycles. The molecule has 0 saturated carbocycles. The molecule has 0 fully saturated rings. The van der Waals surface area contributed by atoms with E-state index in [-0.39, 0.29) is 5.91 Å². The number of nitrogens with one attached hydrogen (secondary N) is 1. The molecule has 3 aromatic heterocycles. The van der Waals surface area contributed by atoms with E-state index in [9.17, 15) is 4.79 Å². The number of hydrogen-bond acceptors (Lipinski definition) is 4. The summed E-state index contributed by atoms with van der Waals surface area (Å²) in [7, 11) is 0. The first-order valence-electron chi connectivity index (χ1n) is 10.5. The van der Waals surface area contributed by atoms with Gasteiger partial charge in [-0.2, -0.15) is 5.10 Å². The molecule has 3 heterocycles. The van der Waals surface area contributed by atoms with Gasteiger partial charge in [0.2, 0.25) is 5.91 Å². The van der Waals surface area contributed by atoms with Crippen molar-refractivity contribution in [1.82, 2.24) is 19.2 Å². The van der Waals surface area contributed by atoms with E-state index < -0.39 is 0 Å². The number of para-hydroxylation sites is 1. The standard InChI is InChI=1S/C26H21N5O2/c32-26(13-12-20-16-27-31(17-20)23-8-2-1-3-9-23)29-21-7-6-10-24(15-21)33-19-22-18-30-14-5-4-11-25(30)28-22/h1-18H,19H2,(H,29,32)/b13-12+. The Labute approximate surface area is 190 Å². The van der Waals surface area contributed by atoms with Gasteiger partial charge in [0.1, 0.15) is 18.0 Å². The quantitative estimate of drug-likeness (QED) is 0.375. The maximum atomic E-state index is 12.4. The van der Waals surface area contributed by atoms with Crippen LogP contribution < -0.4 is 10.1 Å². The Morgan fingerprint density at radius 1 is 1.00 bits per heavy atom. The molecule has 0 unspecified atom stereocenters. The summed E-state index contributed by atoms with van der Waals surface area (Å²) in [6.07, 6.45) is 10.7. The van der Waals surface area contributed by atoms with E-state index in [2.05, 4.69) is 15.4 Å². The Kier molecular flexibility index (Phi) is 5.67. The molecule has 0 saturated heterocycles. The largest absolute Gasteiger partial charge is 0.487 e. The minimum atomic E-state index is -0.236. The summed E-state index contributed by atoms with van der Waals surface area (Å²) in [5.41, 5.74) is 4.14. The molecule has 1 amide bonds. The number of amides is 1. The first-order chi connectivity index (χ1) is 16.2. The van der Waals surface area contributed by atoms with Gasteiger partial charge in [-0.25, -0.2) is 9.67 Å². The summed E-state index contributed by atoms with van der Waals surface area (Å²) in [5.74, 6) is 0.415. The van der Waals surface area contributed by atoms with E-state index >= 15 is 0 Å². The first kappa shape index (κ1) is 20.3. The lowest BCUT2D eigenvalue weighted by Gasteiger charge is -2.07. The number of benzene rings is 2. The molecular weight excluding hydrogens is 414 g/mol. The molecular formula is C26H21N5O2. The molecule has 0 aliphatic carbocycles. The molecule has 0 radical (unpaired) electrons. The second-order valence-corrected chi connectivity index (χ2v) is 7.39. The number of imidazole rings is 1. The summed E-state index contributed by atoms with van der Waals surface area (Å²) in [4.78, 5) is 16.9. The van der Waals surface area contributed by atoms with Crippen molar-refractivity contribution in [1.29, 1.82) is 0 Å². The molecule has 162 valence electrons. The number of rotatable bonds is 7. The minimum Gasteiger partial charge on any atom is -0.487 e. The third-order valence-electron chi connectivity index (χ3n) is 4.95. The van der Waals surface area contributed by atoms with Gasteiger partial charge in [-0.15, -0.1) is 0 Å². The van der Waals surface area contributed by atoms with Crippen LogP contribution in [0.25, 0.3) is 17.4 Å². The fourth-order valence-corrected chi connectivity index (χ4v) is 3.38. The smallest absolute Gasteiger partial charge is 0.248 e. The zero-order chi connectivity index (χ0) is 22.5. The highest BCUT2D eigenvalue weighted by atomic mass is 16.5. The fourth-order valence-electron chi connectivity index (χ4n) is 3.38. The summed E-state index contributed by atoms with van der Waals surface area (Å²) < 4.78 is 9.58. The molecule has 0 bridgehead atoms. The number of pyridine rings is 1.